The highest BCUT2D eigenvalue weighted by Crippen LogP contribution is 2.34. The number of nitrogens with zero attached hydrogens (tertiary/aromatic N) is 2. The van der Waals surface area contributed by atoms with E-state index < -0.39 is 0 Å². The van der Waals surface area contributed by atoms with Crippen LogP contribution in [-0.2, 0) is 16.0 Å². The maximum Gasteiger partial charge on any atom is 0.407 e. The van der Waals surface area contributed by atoms with Crippen LogP contribution in [0.4, 0.5) is 10.6 Å². The minimum atomic E-state index is -0.379. The molecule has 0 spiro atoms. The number of aromatic amines is 1. The summed E-state index contributed by atoms with van der Waals surface area (Å²) < 4.78 is 10.2. The van der Waals surface area contributed by atoms with E-state index >= 15 is 0 Å². The number of rotatable bonds is 7. The second-order valence-electron chi connectivity index (χ2n) is 7.45. The van der Waals surface area contributed by atoms with Gasteiger partial charge in [0.15, 0.2) is 5.82 Å². The Kier molecular flexibility index (Phi) is 6.69. The molecule has 29 heavy (non-hydrogen) atoms. The van der Waals surface area contributed by atoms with Crippen molar-refractivity contribution in [2.75, 3.05) is 12.4 Å². The molecular formula is C20H27N5O4. The third kappa shape index (κ3) is 5.94. The molecule has 3 rings (SSSR count). The largest absolute Gasteiger partial charge is 0.481 e. The van der Waals surface area contributed by atoms with Gasteiger partial charge in [0, 0.05) is 36.0 Å². The lowest BCUT2D eigenvalue weighted by molar-refractivity contribution is -0.115. The van der Waals surface area contributed by atoms with Crippen molar-refractivity contribution >= 4 is 17.8 Å². The Morgan fingerprint density at radius 3 is 2.90 bits per heavy atom. The van der Waals surface area contributed by atoms with Crippen molar-refractivity contribution in [3.63, 3.8) is 0 Å². The Morgan fingerprint density at radius 1 is 1.31 bits per heavy atom. The van der Waals surface area contributed by atoms with Crippen LogP contribution >= 0.6 is 0 Å². The number of methoxy groups -OCH3 is 1. The number of H-pyrrole nitrogens is 1. The Hall–Kier alpha value is -3.10. The van der Waals surface area contributed by atoms with Crippen LogP contribution in [0.1, 0.15) is 50.3 Å². The molecule has 1 aliphatic carbocycles. The molecule has 2 heterocycles. The topological polar surface area (TPSA) is 118 Å². The summed E-state index contributed by atoms with van der Waals surface area (Å²) in [5, 5.41) is 12.9. The van der Waals surface area contributed by atoms with E-state index in [0.29, 0.717) is 11.7 Å². The van der Waals surface area contributed by atoms with Gasteiger partial charge in [-0.25, -0.2) is 9.78 Å². The number of hydrogen-bond acceptors (Lipinski definition) is 6. The van der Waals surface area contributed by atoms with Gasteiger partial charge in [0.1, 0.15) is 0 Å². The van der Waals surface area contributed by atoms with E-state index in [1.165, 1.54) is 7.11 Å². The van der Waals surface area contributed by atoms with Gasteiger partial charge in [-0.15, -0.1) is 0 Å². The maximum absolute atomic E-state index is 12.3. The van der Waals surface area contributed by atoms with E-state index in [1.807, 2.05) is 19.9 Å². The summed E-state index contributed by atoms with van der Waals surface area (Å²) >= 11 is 0. The van der Waals surface area contributed by atoms with Crippen LogP contribution < -0.4 is 15.4 Å². The van der Waals surface area contributed by atoms with Gasteiger partial charge in [0.2, 0.25) is 11.8 Å². The number of hydrogen-bond donors (Lipinski definition) is 3. The van der Waals surface area contributed by atoms with Gasteiger partial charge in [-0.1, -0.05) is 0 Å². The van der Waals surface area contributed by atoms with E-state index in [9.17, 15) is 9.59 Å². The monoisotopic (exact) mass is 401 g/mol. The van der Waals surface area contributed by atoms with Crippen LogP contribution in [0, 0.1) is 0 Å². The molecule has 156 valence electrons. The Morgan fingerprint density at radius 2 is 2.14 bits per heavy atom. The van der Waals surface area contributed by atoms with Crippen molar-refractivity contribution < 1.29 is 19.1 Å². The van der Waals surface area contributed by atoms with E-state index in [2.05, 4.69) is 25.8 Å². The van der Waals surface area contributed by atoms with E-state index in [0.717, 1.165) is 30.5 Å². The molecule has 2 aromatic rings. The van der Waals surface area contributed by atoms with Crippen molar-refractivity contribution in [3.8, 4) is 5.88 Å². The normalized spacial score (nSPS) is 18.5. The number of alkyl carbamates (subject to hydrolysis) is 1. The molecule has 2 atom stereocenters. The number of aromatic nitrogens is 3. The van der Waals surface area contributed by atoms with Crippen molar-refractivity contribution in [2.45, 2.75) is 57.6 Å². The van der Waals surface area contributed by atoms with E-state index in [-0.39, 0.29) is 36.5 Å². The summed E-state index contributed by atoms with van der Waals surface area (Å²) in [7, 11) is 1.54. The Bertz CT molecular complexity index is 851. The first-order valence-corrected chi connectivity index (χ1v) is 9.74. The molecule has 0 saturated heterocycles. The Balaban J connectivity index is 1.50. The average Bonchev–Trinajstić information content (AvgIpc) is 3.30. The minimum Gasteiger partial charge on any atom is -0.481 e. The van der Waals surface area contributed by atoms with Crippen molar-refractivity contribution in [1.82, 2.24) is 20.5 Å². The number of ether oxygens (including phenoxy) is 2. The highest BCUT2D eigenvalue weighted by Gasteiger charge is 2.29. The lowest BCUT2D eigenvalue weighted by Crippen LogP contribution is -2.34. The highest BCUT2D eigenvalue weighted by atomic mass is 16.6. The lowest BCUT2D eigenvalue weighted by Gasteiger charge is -2.14. The van der Waals surface area contributed by atoms with Crippen molar-refractivity contribution in [2.24, 2.45) is 0 Å². The molecule has 2 amide bonds. The van der Waals surface area contributed by atoms with Crippen LogP contribution in [0.2, 0.25) is 0 Å². The zero-order valence-electron chi connectivity index (χ0n) is 16.9. The van der Waals surface area contributed by atoms with Crippen LogP contribution in [0.3, 0.4) is 0 Å². The number of pyridine rings is 1. The first-order chi connectivity index (χ1) is 13.9. The van der Waals surface area contributed by atoms with Gasteiger partial charge in [-0.3, -0.25) is 9.89 Å². The molecule has 1 aliphatic rings. The molecule has 9 nitrogen and oxygen atoms in total. The minimum absolute atomic E-state index is 0.0780. The fourth-order valence-electron chi connectivity index (χ4n) is 3.46. The van der Waals surface area contributed by atoms with Crippen molar-refractivity contribution in [1.29, 1.82) is 0 Å². The van der Waals surface area contributed by atoms with E-state index in [4.69, 9.17) is 9.47 Å². The fraction of sp³-hybridized carbons (Fsp3) is 0.500. The predicted molar refractivity (Wildman–Crippen MR) is 107 cm³/mol. The first kappa shape index (κ1) is 20.6. The number of anilines is 1. The quantitative estimate of drug-likeness (QED) is 0.656. The average molecular weight is 401 g/mol. The third-order valence-corrected chi connectivity index (χ3v) is 4.78. The molecule has 1 saturated carbocycles. The zero-order chi connectivity index (χ0) is 20.8. The second-order valence-corrected chi connectivity index (χ2v) is 7.45. The fourth-order valence-corrected chi connectivity index (χ4v) is 3.46. The van der Waals surface area contributed by atoms with Gasteiger partial charge >= 0.3 is 6.09 Å². The van der Waals surface area contributed by atoms with Crippen LogP contribution in [0.15, 0.2) is 24.4 Å². The molecule has 9 heteroatoms. The molecule has 2 aromatic heterocycles. The summed E-state index contributed by atoms with van der Waals surface area (Å²) in [6, 6.07) is 5.43. The summed E-state index contributed by atoms with van der Waals surface area (Å²) in [4.78, 5) is 28.1. The highest BCUT2D eigenvalue weighted by molar-refractivity contribution is 5.91. The number of amides is 2. The number of carbonyl (C=O) groups is 2. The van der Waals surface area contributed by atoms with Gasteiger partial charge < -0.3 is 20.1 Å². The lowest BCUT2D eigenvalue weighted by atomic mass is 10.0. The summed E-state index contributed by atoms with van der Waals surface area (Å²) in [6.07, 6.45) is 3.90. The van der Waals surface area contributed by atoms with Crippen molar-refractivity contribution in [3.05, 3.63) is 35.7 Å². The molecule has 3 N–H and O–H groups in total. The first-order valence-electron chi connectivity index (χ1n) is 9.74. The Labute approximate surface area is 169 Å². The van der Waals surface area contributed by atoms with Crippen LogP contribution in [0.5, 0.6) is 5.88 Å². The number of carbonyl (C=O) groups excluding carboxylic acids is 2. The SMILES string of the molecule is COc1cc(CC(=O)Nc2cc(C3CCC(NC(=O)OC(C)C)C3)[nH]n2)ccn1. The van der Waals surface area contributed by atoms with E-state index in [1.54, 1.807) is 18.3 Å². The summed E-state index contributed by atoms with van der Waals surface area (Å²) in [5.74, 6) is 1.04. The molecule has 0 aromatic carbocycles. The second kappa shape index (κ2) is 9.40. The molecular weight excluding hydrogens is 374 g/mol. The molecule has 0 aliphatic heterocycles. The standard InChI is InChI=1S/C20H27N5O4/c1-12(2)29-20(27)22-15-5-4-14(10-15)16-11-17(25-24-16)23-18(26)8-13-6-7-21-19(9-13)28-3/h6-7,9,11-12,14-15H,4-5,8,10H2,1-3H3,(H,22,27)(H2,23,24,25,26). The molecule has 1 fully saturated rings. The predicted octanol–water partition coefficient (Wildman–Crippen LogP) is 2.77. The smallest absolute Gasteiger partial charge is 0.407 e. The third-order valence-electron chi connectivity index (χ3n) is 4.78. The van der Waals surface area contributed by atoms with Crippen LogP contribution in [-0.4, -0.2) is 46.4 Å². The van der Waals surface area contributed by atoms with Gasteiger partial charge in [0.25, 0.3) is 0 Å². The summed E-state index contributed by atoms with van der Waals surface area (Å²) in [6.45, 7) is 3.64. The molecule has 2 unspecified atom stereocenters. The van der Waals surface area contributed by atoms with Gasteiger partial charge in [-0.2, -0.15) is 5.10 Å². The molecule has 0 bridgehead atoms. The maximum atomic E-state index is 12.3. The summed E-state index contributed by atoms with van der Waals surface area (Å²) in [5.41, 5.74) is 1.76. The zero-order valence-corrected chi connectivity index (χ0v) is 16.9. The van der Waals surface area contributed by atoms with Gasteiger partial charge in [0.05, 0.1) is 19.6 Å². The van der Waals surface area contributed by atoms with Gasteiger partial charge in [-0.05, 0) is 44.7 Å². The number of nitrogens with one attached hydrogen (secondary N) is 3. The van der Waals surface area contributed by atoms with Crippen LogP contribution in [0.25, 0.3) is 0 Å². The molecule has 0 radical (unpaired) electrons.